The second-order valence-electron chi connectivity index (χ2n) is 6.86. The summed E-state index contributed by atoms with van der Waals surface area (Å²) in [5.41, 5.74) is 6.77. The molecule has 2 aromatic rings. The number of benzene rings is 1. The molecule has 29 heavy (non-hydrogen) atoms. The maximum atomic E-state index is 12.4. The van der Waals surface area contributed by atoms with E-state index in [1.54, 1.807) is 12.1 Å². The van der Waals surface area contributed by atoms with Crippen molar-refractivity contribution < 1.29 is 14.3 Å². The van der Waals surface area contributed by atoms with Gasteiger partial charge in [-0.3, -0.25) is 9.59 Å². The summed E-state index contributed by atoms with van der Waals surface area (Å²) in [6, 6.07) is 5.38. The molecule has 8 nitrogen and oxygen atoms in total. The lowest BCUT2D eigenvalue weighted by Gasteiger charge is -2.14. The third kappa shape index (κ3) is 5.94. The highest BCUT2D eigenvalue weighted by Crippen LogP contribution is 2.25. The van der Waals surface area contributed by atoms with E-state index in [0.717, 1.165) is 25.0 Å². The molecule has 2 amide bonds. The summed E-state index contributed by atoms with van der Waals surface area (Å²) in [5.74, 6) is 0.298. The molecule has 3 N–H and O–H groups in total. The van der Waals surface area contributed by atoms with E-state index < -0.39 is 0 Å². The fourth-order valence-electron chi connectivity index (χ4n) is 3.08. The number of ether oxygens (including phenoxy) is 1. The van der Waals surface area contributed by atoms with Crippen LogP contribution in [0.4, 0.5) is 5.69 Å². The zero-order chi connectivity index (χ0) is 20.8. The standard InChI is InChI=1S/C19H24ClN5O3S/c1-12-14(20)5-2-6-15(12)22-18(27)11-29-19-24-23-17(8-7-16(21)26)25(19)10-13-4-3-9-28-13/h2,5-6,13H,3-4,7-11H2,1H3,(H2,21,26)(H,22,27). The number of primary amides is 1. The number of nitrogens with one attached hydrogen (secondary N) is 1. The Morgan fingerprint density at radius 1 is 1.41 bits per heavy atom. The smallest absolute Gasteiger partial charge is 0.234 e. The van der Waals surface area contributed by atoms with Gasteiger partial charge in [-0.25, -0.2) is 0 Å². The maximum Gasteiger partial charge on any atom is 0.234 e. The van der Waals surface area contributed by atoms with Crippen molar-refractivity contribution in [2.24, 2.45) is 5.73 Å². The first-order valence-corrected chi connectivity index (χ1v) is 10.8. The van der Waals surface area contributed by atoms with Gasteiger partial charge in [0.15, 0.2) is 5.16 Å². The number of carbonyl (C=O) groups excluding carboxylic acids is 2. The van der Waals surface area contributed by atoms with Gasteiger partial charge in [0, 0.05) is 30.2 Å². The van der Waals surface area contributed by atoms with Crippen molar-refractivity contribution in [2.45, 2.75) is 50.4 Å². The van der Waals surface area contributed by atoms with Crippen LogP contribution in [0.3, 0.4) is 0 Å². The topological polar surface area (TPSA) is 112 Å². The Labute approximate surface area is 178 Å². The van der Waals surface area contributed by atoms with E-state index in [9.17, 15) is 9.59 Å². The van der Waals surface area contributed by atoms with Crippen LogP contribution in [0, 0.1) is 6.92 Å². The number of nitrogens with zero attached hydrogens (tertiary/aromatic N) is 3. The molecule has 0 spiro atoms. The monoisotopic (exact) mass is 437 g/mol. The molecule has 0 saturated carbocycles. The Kier molecular flexibility index (Phi) is 7.51. The first kappa shape index (κ1) is 21.6. The van der Waals surface area contributed by atoms with Crippen LogP contribution in [0.25, 0.3) is 0 Å². The number of nitrogens with two attached hydrogens (primary N) is 1. The van der Waals surface area contributed by atoms with E-state index in [-0.39, 0.29) is 30.1 Å². The van der Waals surface area contributed by atoms with Crippen LogP contribution in [0.15, 0.2) is 23.4 Å². The molecule has 1 aromatic carbocycles. The summed E-state index contributed by atoms with van der Waals surface area (Å²) in [7, 11) is 0. The first-order chi connectivity index (χ1) is 13.9. The number of rotatable bonds is 9. The van der Waals surface area contributed by atoms with E-state index >= 15 is 0 Å². The highest BCUT2D eigenvalue weighted by molar-refractivity contribution is 7.99. The molecule has 0 radical (unpaired) electrons. The summed E-state index contributed by atoms with van der Waals surface area (Å²) in [4.78, 5) is 23.6. The minimum Gasteiger partial charge on any atom is -0.376 e. The van der Waals surface area contributed by atoms with Gasteiger partial charge < -0.3 is 20.4 Å². The molecule has 1 atom stereocenters. The highest BCUT2D eigenvalue weighted by Gasteiger charge is 2.21. The number of aromatic nitrogens is 3. The van der Waals surface area contributed by atoms with Crippen molar-refractivity contribution in [1.29, 1.82) is 0 Å². The second-order valence-corrected chi connectivity index (χ2v) is 8.21. The number of hydrogen-bond donors (Lipinski definition) is 2. The minimum atomic E-state index is -0.387. The summed E-state index contributed by atoms with van der Waals surface area (Å²) in [5, 5.41) is 12.5. The summed E-state index contributed by atoms with van der Waals surface area (Å²) in [6.07, 6.45) is 2.67. The molecule has 1 unspecified atom stereocenters. The van der Waals surface area contributed by atoms with Crippen molar-refractivity contribution in [3.8, 4) is 0 Å². The van der Waals surface area contributed by atoms with Gasteiger partial charge in [-0.2, -0.15) is 0 Å². The van der Waals surface area contributed by atoms with E-state index in [4.69, 9.17) is 22.1 Å². The van der Waals surface area contributed by atoms with Crippen molar-refractivity contribution >= 4 is 40.9 Å². The minimum absolute atomic E-state index is 0.0839. The van der Waals surface area contributed by atoms with E-state index in [1.807, 2.05) is 17.6 Å². The van der Waals surface area contributed by atoms with Gasteiger partial charge in [-0.15, -0.1) is 10.2 Å². The first-order valence-electron chi connectivity index (χ1n) is 9.43. The molecular formula is C19H24ClN5O3S. The Balaban J connectivity index is 1.66. The van der Waals surface area contributed by atoms with Gasteiger partial charge in [0.05, 0.1) is 18.4 Å². The average molecular weight is 438 g/mol. The molecule has 10 heteroatoms. The van der Waals surface area contributed by atoms with Gasteiger partial charge in [0.2, 0.25) is 11.8 Å². The molecular weight excluding hydrogens is 414 g/mol. The average Bonchev–Trinajstić information content (AvgIpc) is 3.33. The lowest BCUT2D eigenvalue weighted by atomic mass is 10.2. The predicted molar refractivity (Wildman–Crippen MR) is 112 cm³/mol. The lowest BCUT2D eigenvalue weighted by Crippen LogP contribution is -2.20. The van der Waals surface area contributed by atoms with E-state index in [2.05, 4.69) is 15.5 Å². The van der Waals surface area contributed by atoms with Crippen molar-refractivity contribution in [1.82, 2.24) is 14.8 Å². The van der Waals surface area contributed by atoms with E-state index in [1.165, 1.54) is 11.8 Å². The van der Waals surface area contributed by atoms with Crippen LogP contribution < -0.4 is 11.1 Å². The Morgan fingerprint density at radius 3 is 2.97 bits per heavy atom. The van der Waals surface area contributed by atoms with Crippen molar-refractivity contribution in [3.63, 3.8) is 0 Å². The number of hydrogen-bond acceptors (Lipinski definition) is 6. The molecule has 0 aliphatic carbocycles. The molecule has 1 aromatic heterocycles. The number of carbonyl (C=O) groups is 2. The third-order valence-electron chi connectivity index (χ3n) is 4.67. The van der Waals surface area contributed by atoms with Crippen LogP contribution in [0.2, 0.25) is 5.02 Å². The Hall–Kier alpha value is -2.10. The van der Waals surface area contributed by atoms with Gasteiger partial charge in [-0.1, -0.05) is 29.4 Å². The fourth-order valence-corrected chi connectivity index (χ4v) is 4.02. The quantitative estimate of drug-likeness (QED) is 0.583. The molecule has 1 fully saturated rings. The Morgan fingerprint density at radius 2 is 2.24 bits per heavy atom. The van der Waals surface area contributed by atoms with Crippen LogP contribution in [-0.2, 0) is 27.3 Å². The Bertz CT molecular complexity index is 883. The molecule has 3 rings (SSSR count). The van der Waals surface area contributed by atoms with Gasteiger partial charge >= 0.3 is 0 Å². The molecule has 2 heterocycles. The highest BCUT2D eigenvalue weighted by atomic mass is 35.5. The SMILES string of the molecule is Cc1c(Cl)cccc1NC(=O)CSc1nnc(CCC(N)=O)n1CC1CCCO1. The predicted octanol–water partition coefficient (Wildman–Crippen LogP) is 2.57. The van der Waals surface area contributed by atoms with Crippen molar-refractivity contribution in [2.75, 3.05) is 17.7 Å². The second kappa shape index (κ2) is 10.1. The molecule has 156 valence electrons. The number of aryl methyl sites for hydroxylation is 1. The fraction of sp³-hybridized carbons (Fsp3) is 0.474. The summed E-state index contributed by atoms with van der Waals surface area (Å²) in [6.45, 7) is 3.19. The molecule has 1 aliphatic heterocycles. The number of halogens is 1. The zero-order valence-electron chi connectivity index (χ0n) is 16.2. The normalized spacial score (nSPS) is 16.1. The van der Waals surface area contributed by atoms with Gasteiger partial charge in [-0.05, 0) is 37.5 Å². The maximum absolute atomic E-state index is 12.4. The third-order valence-corrected chi connectivity index (χ3v) is 6.05. The zero-order valence-corrected chi connectivity index (χ0v) is 17.8. The lowest BCUT2D eigenvalue weighted by molar-refractivity contribution is -0.118. The molecule has 1 saturated heterocycles. The largest absolute Gasteiger partial charge is 0.376 e. The number of amides is 2. The van der Waals surface area contributed by atoms with Crippen LogP contribution in [-0.4, -0.2) is 45.0 Å². The number of thioether (sulfide) groups is 1. The van der Waals surface area contributed by atoms with Crippen LogP contribution in [0.1, 0.15) is 30.7 Å². The van der Waals surface area contributed by atoms with E-state index in [0.29, 0.717) is 34.7 Å². The summed E-state index contributed by atoms with van der Waals surface area (Å²) >= 11 is 7.40. The van der Waals surface area contributed by atoms with Crippen LogP contribution in [0.5, 0.6) is 0 Å². The van der Waals surface area contributed by atoms with Gasteiger partial charge in [0.1, 0.15) is 5.82 Å². The number of anilines is 1. The van der Waals surface area contributed by atoms with Crippen molar-refractivity contribution in [3.05, 3.63) is 34.6 Å². The molecule has 0 bridgehead atoms. The van der Waals surface area contributed by atoms with Gasteiger partial charge in [0.25, 0.3) is 0 Å². The van der Waals surface area contributed by atoms with Crippen LogP contribution >= 0.6 is 23.4 Å². The molecule has 1 aliphatic rings. The summed E-state index contributed by atoms with van der Waals surface area (Å²) < 4.78 is 7.65.